The van der Waals surface area contributed by atoms with Crippen molar-refractivity contribution in [1.82, 2.24) is 37.8 Å². The van der Waals surface area contributed by atoms with E-state index < -0.39 is 21.4 Å². The number of hydrogen-bond donors (Lipinski definition) is 2. The van der Waals surface area contributed by atoms with Crippen LogP contribution in [0.2, 0.25) is 0 Å². The van der Waals surface area contributed by atoms with Crippen molar-refractivity contribution in [3.63, 3.8) is 0 Å². The third-order valence-corrected chi connectivity index (χ3v) is 7.69. The first-order chi connectivity index (χ1) is 22.3. The molecule has 2 N–H and O–H groups in total. The van der Waals surface area contributed by atoms with E-state index in [0.717, 1.165) is 19.1 Å². The summed E-state index contributed by atoms with van der Waals surface area (Å²) in [7, 11) is 3.29. The lowest BCUT2D eigenvalue weighted by atomic mass is 10.2. The summed E-state index contributed by atoms with van der Waals surface area (Å²) in [6.07, 6.45) is 7.82. The molecule has 0 saturated carbocycles. The standard InChI is InChI=1S/C13H20N4O3.C9H18O5S.C7H8N4O2/c1-9(18)6-4-5-7-17-12(19)10-11(14-8-15(10)2)16(3)13(17)20;1-8(14-9(2)10)6-4-5-7-13-15(3,11)12;1-10-3-8-5-4(10)6(12)9-7(13)11(5)2/h8-9,18H,4-7H2,1-3H3;8H,4-7H2,1-3H3;3H,1-2H3,(H,9,12,13)/t9-;8-;/m11./s1. The number of aromatic nitrogens is 8. The lowest BCUT2D eigenvalue weighted by Gasteiger charge is -2.10. The zero-order chi connectivity index (χ0) is 36.3. The van der Waals surface area contributed by atoms with Crippen LogP contribution in [0.25, 0.3) is 22.3 Å². The number of aromatic amines is 1. The van der Waals surface area contributed by atoms with E-state index in [1.54, 1.807) is 51.2 Å². The minimum atomic E-state index is -3.33. The van der Waals surface area contributed by atoms with Crippen LogP contribution in [-0.4, -0.2) is 82.4 Å². The predicted octanol–water partition coefficient (Wildman–Crippen LogP) is 0.0296. The number of ether oxygens (including phenoxy) is 1. The van der Waals surface area contributed by atoms with Crippen molar-refractivity contribution < 1.29 is 27.2 Å². The van der Waals surface area contributed by atoms with Gasteiger partial charge in [-0.3, -0.25) is 37.3 Å². The molecule has 0 fully saturated rings. The number of imidazole rings is 2. The zero-order valence-electron chi connectivity index (χ0n) is 28.6. The maximum absolute atomic E-state index is 12.4. The Morgan fingerprint density at radius 2 is 1.46 bits per heavy atom. The van der Waals surface area contributed by atoms with Gasteiger partial charge >= 0.3 is 17.3 Å². The molecule has 268 valence electrons. The number of aryl methyl sites for hydroxylation is 4. The average molecular weight is 699 g/mol. The molecular formula is C29H46N8O10S. The van der Waals surface area contributed by atoms with Gasteiger partial charge in [0.1, 0.15) is 0 Å². The molecule has 0 bridgehead atoms. The van der Waals surface area contributed by atoms with E-state index >= 15 is 0 Å². The summed E-state index contributed by atoms with van der Waals surface area (Å²) in [5.41, 5.74) is 0.136. The SMILES string of the molecule is CC(=O)O[C@H](C)CCCCOS(C)(=O)=O.C[C@@H](O)CCCCn1c(=O)c2c(ncn2C)n(C)c1=O.Cn1cnc2c1c(=O)[nH]c(=O)n2C. The predicted molar refractivity (Wildman–Crippen MR) is 178 cm³/mol. The number of unbranched alkanes of at least 4 members (excludes halogenated alkanes) is 2. The van der Waals surface area contributed by atoms with Crippen LogP contribution < -0.4 is 22.5 Å². The van der Waals surface area contributed by atoms with E-state index in [0.29, 0.717) is 54.6 Å². The number of carbonyl (C=O) groups excluding carboxylic acids is 1. The second kappa shape index (κ2) is 17.7. The summed E-state index contributed by atoms with van der Waals surface area (Å²) >= 11 is 0. The highest BCUT2D eigenvalue weighted by Gasteiger charge is 2.14. The van der Waals surface area contributed by atoms with Crippen LogP contribution in [0.3, 0.4) is 0 Å². The van der Waals surface area contributed by atoms with Crippen molar-refractivity contribution in [1.29, 1.82) is 0 Å². The average Bonchev–Trinajstić information content (AvgIpc) is 3.57. The molecule has 0 spiro atoms. The number of H-pyrrole nitrogens is 1. The van der Waals surface area contributed by atoms with Crippen LogP contribution in [0.15, 0.2) is 31.8 Å². The molecule has 0 aromatic carbocycles. The van der Waals surface area contributed by atoms with E-state index in [1.165, 1.54) is 33.3 Å². The molecule has 48 heavy (non-hydrogen) atoms. The van der Waals surface area contributed by atoms with Crippen LogP contribution in [0.1, 0.15) is 59.3 Å². The fourth-order valence-corrected chi connectivity index (χ4v) is 5.07. The molecular weight excluding hydrogens is 652 g/mol. The Morgan fingerprint density at radius 3 is 2.02 bits per heavy atom. The number of carbonyl (C=O) groups is 1. The minimum absolute atomic E-state index is 0.124. The molecule has 18 nitrogen and oxygen atoms in total. The Labute approximate surface area is 276 Å². The van der Waals surface area contributed by atoms with Crippen LogP contribution in [0.5, 0.6) is 0 Å². The largest absolute Gasteiger partial charge is 0.463 e. The Kier molecular flexibility index (Phi) is 14.7. The summed E-state index contributed by atoms with van der Waals surface area (Å²) in [6.45, 7) is 5.44. The Balaban J connectivity index is 0.000000257. The van der Waals surface area contributed by atoms with E-state index in [-0.39, 0.29) is 36.0 Å². The topological polar surface area (TPSA) is 224 Å². The summed E-state index contributed by atoms with van der Waals surface area (Å²) < 4.78 is 37.8. The van der Waals surface area contributed by atoms with Gasteiger partial charge < -0.3 is 19.0 Å². The van der Waals surface area contributed by atoms with Gasteiger partial charge in [0.05, 0.1) is 37.7 Å². The molecule has 0 amide bonds. The van der Waals surface area contributed by atoms with E-state index in [9.17, 15) is 37.5 Å². The Bertz CT molecular complexity index is 2030. The summed E-state index contributed by atoms with van der Waals surface area (Å²) in [5, 5.41) is 9.21. The van der Waals surface area contributed by atoms with Gasteiger partial charge in [0, 0.05) is 41.7 Å². The molecule has 0 aliphatic rings. The van der Waals surface area contributed by atoms with Crippen LogP contribution in [0, 0.1) is 0 Å². The molecule has 4 rings (SSSR count). The van der Waals surface area contributed by atoms with Crippen molar-refractivity contribution >= 4 is 38.4 Å². The highest BCUT2D eigenvalue weighted by Crippen LogP contribution is 2.06. The zero-order valence-corrected chi connectivity index (χ0v) is 29.4. The van der Waals surface area contributed by atoms with Gasteiger partial charge in [0.25, 0.3) is 21.2 Å². The van der Waals surface area contributed by atoms with Crippen LogP contribution >= 0.6 is 0 Å². The van der Waals surface area contributed by atoms with Gasteiger partial charge in [-0.15, -0.1) is 0 Å². The highest BCUT2D eigenvalue weighted by atomic mass is 32.2. The van der Waals surface area contributed by atoms with Gasteiger partial charge in [0.2, 0.25) is 0 Å². The number of hydrogen-bond acceptors (Lipinski definition) is 12. The van der Waals surface area contributed by atoms with Crippen LogP contribution in [-0.2, 0) is 58.6 Å². The number of fused-ring (bicyclic) bond motifs is 2. The monoisotopic (exact) mass is 698 g/mol. The molecule has 4 aromatic heterocycles. The lowest BCUT2D eigenvalue weighted by Crippen LogP contribution is -2.39. The summed E-state index contributed by atoms with van der Waals surface area (Å²) in [6, 6.07) is 0. The Hall–Kier alpha value is -4.36. The number of rotatable bonds is 12. The molecule has 4 heterocycles. The first-order valence-corrected chi connectivity index (χ1v) is 17.1. The van der Waals surface area contributed by atoms with Gasteiger partial charge in [-0.2, -0.15) is 8.42 Å². The van der Waals surface area contributed by atoms with E-state index in [1.807, 2.05) is 0 Å². The first kappa shape index (κ1) is 39.8. The van der Waals surface area contributed by atoms with Crippen LogP contribution in [0.4, 0.5) is 0 Å². The second-order valence-electron chi connectivity index (χ2n) is 11.5. The van der Waals surface area contributed by atoms with Gasteiger partial charge in [-0.1, -0.05) is 0 Å². The fraction of sp³-hybridized carbons (Fsp3) is 0.621. The first-order valence-electron chi connectivity index (χ1n) is 15.3. The molecule has 0 saturated heterocycles. The van der Waals surface area contributed by atoms with Crippen molar-refractivity contribution in [3.05, 3.63) is 54.3 Å². The van der Waals surface area contributed by atoms with E-state index in [4.69, 9.17) is 4.74 Å². The number of aliphatic hydroxyl groups excluding tert-OH is 1. The second-order valence-corrected chi connectivity index (χ2v) is 13.1. The number of aliphatic hydroxyl groups is 1. The number of nitrogens with zero attached hydrogens (tertiary/aromatic N) is 7. The Morgan fingerprint density at radius 1 is 0.896 bits per heavy atom. The van der Waals surface area contributed by atoms with Gasteiger partial charge in [0.15, 0.2) is 22.3 Å². The normalized spacial score (nSPS) is 12.6. The highest BCUT2D eigenvalue weighted by molar-refractivity contribution is 7.85. The maximum Gasteiger partial charge on any atom is 0.332 e. The molecule has 2 atom stereocenters. The summed E-state index contributed by atoms with van der Waals surface area (Å²) in [4.78, 5) is 67.7. The minimum Gasteiger partial charge on any atom is -0.463 e. The molecule has 4 aromatic rings. The van der Waals surface area contributed by atoms with Crippen molar-refractivity contribution in [2.75, 3.05) is 12.9 Å². The summed E-state index contributed by atoms with van der Waals surface area (Å²) in [5.74, 6) is -0.296. The lowest BCUT2D eigenvalue weighted by molar-refractivity contribution is -0.145. The molecule has 0 unspecified atom stereocenters. The quantitative estimate of drug-likeness (QED) is 0.114. The van der Waals surface area contributed by atoms with E-state index in [2.05, 4.69) is 19.1 Å². The van der Waals surface area contributed by atoms with Crippen molar-refractivity contribution in [3.8, 4) is 0 Å². The molecule has 0 aliphatic heterocycles. The van der Waals surface area contributed by atoms with Crippen molar-refractivity contribution in [2.45, 2.75) is 78.0 Å². The van der Waals surface area contributed by atoms with Gasteiger partial charge in [-0.05, 0) is 52.4 Å². The number of nitrogens with one attached hydrogen (secondary N) is 1. The third kappa shape index (κ3) is 11.4. The van der Waals surface area contributed by atoms with Crippen molar-refractivity contribution in [2.24, 2.45) is 28.2 Å². The smallest absolute Gasteiger partial charge is 0.332 e. The molecule has 0 radical (unpaired) electrons. The maximum atomic E-state index is 12.4. The molecule has 0 aliphatic carbocycles. The van der Waals surface area contributed by atoms with Gasteiger partial charge in [-0.25, -0.2) is 19.6 Å². The number of esters is 1. The fourth-order valence-electron chi connectivity index (χ4n) is 4.65. The molecule has 19 heteroatoms. The third-order valence-electron chi connectivity index (χ3n) is 7.10.